The van der Waals surface area contributed by atoms with Gasteiger partial charge < -0.3 is 19.1 Å². The Kier molecular flexibility index (Phi) is 4.69. The first-order chi connectivity index (χ1) is 12.0. The van der Waals surface area contributed by atoms with E-state index in [0.717, 1.165) is 0 Å². The predicted octanol–water partition coefficient (Wildman–Crippen LogP) is 1.40. The van der Waals surface area contributed by atoms with Crippen molar-refractivity contribution in [2.24, 2.45) is 5.92 Å². The molecule has 1 fully saturated rings. The van der Waals surface area contributed by atoms with Gasteiger partial charge in [-0.3, -0.25) is 9.59 Å². The van der Waals surface area contributed by atoms with Crippen LogP contribution in [0.2, 0.25) is 0 Å². The summed E-state index contributed by atoms with van der Waals surface area (Å²) in [5.74, 6) is 0.892. The van der Waals surface area contributed by atoms with Crippen molar-refractivity contribution in [2.45, 2.75) is 19.9 Å². The Balaban J connectivity index is 1.70. The molecule has 8 heteroatoms. The molecule has 0 aliphatic carbocycles. The lowest BCUT2D eigenvalue weighted by Gasteiger charge is -2.21. The Morgan fingerprint density at radius 2 is 2.20 bits per heavy atom. The molecule has 25 heavy (non-hydrogen) atoms. The number of benzene rings is 1. The molecule has 1 aromatic heterocycles. The Morgan fingerprint density at radius 1 is 1.44 bits per heavy atom. The summed E-state index contributed by atoms with van der Waals surface area (Å²) < 4.78 is 10.2. The van der Waals surface area contributed by atoms with Gasteiger partial charge >= 0.3 is 0 Å². The number of hydrogen-bond acceptors (Lipinski definition) is 6. The quantitative estimate of drug-likeness (QED) is 0.814. The van der Waals surface area contributed by atoms with Crippen molar-refractivity contribution >= 4 is 17.5 Å². The third-order valence-electron chi connectivity index (χ3n) is 4.17. The van der Waals surface area contributed by atoms with Crippen LogP contribution in [0.3, 0.4) is 0 Å². The SMILES string of the molecule is COc1ccccc1N1C[C@@H](C(=O)N(C)Cc2noc(C)n2)CC1=O. The number of para-hydroxylation sites is 2. The second kappa shape index (κ2) is 6.92. The van der Waals surface area contributed by atoms with E-state index in [1.54, 1.807) is 32.0 Å². The molecule has 2 amide bonds. The van der Waals surface area contributed by atoms with Crippen molar-refractivity contribution < 1.29 is 18.8 Å². The van der Waals surface area contributed by atoms with Crippen LogP contribution in [0, 0.1) is 12.8 Å². The molecule has 132 valence electrons. The smallest absolute Gasteiger partial charge is 0.228 e. The fourth-order valence-electron chi connectivity index (χ4n) is 2.97. The molecule has 2 heterocycles. The summed E-state index contributed by atoms with van der Waals surface area (Å²) in [6.07, 6.45) is 0.173. The van der Waals surface area contributed by atoms with Crippen LogP contribution in [0.5, 0.6) is 5.75 Å². The van der Waals surface area contributed by atoms with Gasteiger partial charge in [0.2, 0.25) is 17.7 Å². The molecule has 1 aliphatic rings. The van der Waals surface area contributed by atoms with Gasteiger partial charge in [0.05, 0.1) is 25.3 Å². The third kappa shape index (κ3) is 3.47. The number of ether oxygens (including phenoxy) is 1. The van der Waals surface area contributed by atoms with Crippen LogP contribution in [-0.2, 0) is 16.1 Å². The van der Waals surface area contributed by atoms with E-state index in [-0.39, 0.29) is 24.8 Å². The van der Waals surface area contributed by atoms with Crippen LogP contribution in [0.15, 0.2) is 28.8 Å². The molecule has 0 radical (unpaired) electrons. The Hall–Kier alpha value is -2.90. The maximum absolute atomic E-state index is 12.7. The van der Waals surface area contributed by atoms with Gasteiger partial charge in [-0.25, -0.2) is 0 Å². The van der Waals surface area contributed by atoms with Crippen LogP contribution < -0.4 is 9.64 Å². The van der Waals surface area contributed by atoms with Gasteiger partial charge in [0.25, 0.3) is 0 Å². The van der Waals surface area contributed by atoms with E-state index >= 15 is 0 Å². The molecule has 1 saturated heterocycles. The van der Waals surface area contributed by atoms with Gasteiger partial charge in [-0.15, -0.1) is 0 Å². The van der Waals surface area contributed by atoms with E-state index in [2.05, 4.69) is 10.1 Å². The van der Waals surface area contributed by atoms with Crippen molar-refractivity contribution in [3.05, 3.63) is 36.0 Å². The van der Waals surface area contributed by atoms with Crippen molar-refractivity contribution in [1.82, 2.24) is 15.0 Å². The summed E-state index contributed by atoms with van der Waals surface area (Å²) in [4.78, 5) is 32.3. The highest BCUT2D eigenvalue weighted by atomic mass is 16.5. The first-order valence-corrected chi connectivity index (χ1v) is 7.97. The minimum atomic E-state index is -0.407. The molecule has 2 aromatic rings. The molecule has 8 nitrogen and oxygen atoms in total. The summed E-state index contributed by atoms with van der Waals surface area (Å²) in [6, 6.07) is 7.29. The largest absolute Gasteiger partial charge is 0.495 e. The summed E-state index contributed by atoms with van der Waals surface area (Å²) in [5.41, 5.74) is 0.682. The molecule has 1 atom stereocenters. The van der Waals surface area contributed by atoms with E-state index in [1.165, 1.54) is 4.90 Å². The van der Waals surface area contributed by atoms with Crippen molar-refractivity contribution in [3.63, 3.8) is 0 Å². The van der Waals surface area contributed by atoms with Gasteiger partial charge in [-0.2, -0.15) is 4.98 Å². The summed E-state index contributed by atoms with van der Waals surface area (Å²) in [5, 5.41) is 3.79. The lowest BCUT2D eigenvalue weighted by atomic mass is 10.1. The number of carbonyl (C=O) groups is 2. The molecular weight excluding hydrogens is 324 g/mol. The number of carbonyl (C=O) groups excluding carboxylic acids is 2. The predicted molar refractivity (Wildman–Crippen MR) is 89.0 cm³/mol. The first kappa shape index (κ1) is 16.9. The zero-order chi connectivity index (χ0) is 18.0. The van der Waals surface area contributed by atoms with E-state index in [4.69, 9.17) is 9.26 Å². The number of aromatic nitrogens is 2. The highest BCUT2D eigenvalue weighted by Crippen LogP contribution is 2.33. The minimum absolute atomic E-state index is 0.0911. The Morgan fingerprint density at radius 3 is 2.88 bits per heavy atom. The Bertz CT molecular complexity index is 788. The second-order valence-corrected chi connectivity index (χ2v) is 6.00. The molecule has 0 saturated carbocycles. The first-order valence-electron chi connectivity index (χ1n) is 7.97. The van der Waals surface area contributed by atoms with Gasteiger partial charge in [0, 0.05) is 26.9 Å². The van der Waals surface area contributed by atoms with Crippen molar-refractivity contribution in [2.75, 3.05) is 25.6 Å². The molecular formula is C17H20N4O4. The summed E-state index contributed by atoms with van der Waals surface area (Å²) >= 11 is 0. The maximum Gasteiger partial charge on any atom is 0.228 e. The highest BCUT2D eigenvalue weighted by Gasteiger charge is 2.37. The van der Waals surface area contributed by atoms with Crippen LogP contribution in [0.25, 0.3) is 0 Å². The van der Waals surface area contributed by atoms with E-state index in [9.17, 15) is 9.59 Å². The van der Waals surface area contributed by atoms with Crippen molar-refractivity contribution in [1.29, 1.82) is 0 Å². The standard InChI is InChI=1S/C17H20N4O4/c1-11-18-15(19-25-11)10-20(2)17(23)12-8-16(22)21(9-12)13-6-4-5-7-14(13)24-3/h4-7,12H,8-10H2,1-3H3/t12-/m0/s1. The molecule has 1 aliphatic heterocycles. The van der Waals surface area contributed by atoms with Gasteiger partial charge in [-0.1, -0.05) is 17.3 Å². The molecule has 0 bridgehead atoms. The normalized spacial score (nSPS) is 17.0. The molecule has 0 spiro atoms. The van der Waals surface area contributed by atoms with E-state index in [0.29, 0.717) is 29.7 Å². The summed E-state index contributed by atoms with van der Waals surface area (Å²) in [7, 11) is 3.23. The van der Waals surface area contributed by atoms with Gasteiger partial charge in [0.1, 0.15) is 5.75 Å². The van der Waals surface area contributed by atoms with E-state index < -0.39 is 5.92 Å². The van der Waals surface area contributed by atoms with Crippen LogP contribution >= 0.6 is 0 Å². The number of anilines is 1. The third-order valence-corrected chi connectivity index (χ3v) is 4.17. The minimum Gasteiger partial charge on any atom is -0.495 e. The number of rotatable bonds is 5. The number of methoxy groups -OCH3 is 1. The monoisotopic (exact) mass is 344 g/mol. The molecule has 1 aromatic carbocycles. The molecule has 0 unspecified atom stereocenters. The van der Waals surface area contributed by atoms with E-state index in [1.807, 2.05) is 18.2 Å². The van der Waals surface area contributed by atoms with Crippen LogP contribution in [-0.4, -0.2) is 47.6 Å². The van der Waals surface area contributed by atoms with Crippen LogP contribution in [0.4, 0.5) is 5.69 Å². The second-order valence-electron chi connectivity index (χ2n) is 6.00. The average molecular weight is 344 g/mol. The van der Waals surface area contributed by atoms with Crippen LogP contribution in [0.1, 0.15) is 18.1 Å². The number of hydrogen-bond donors (Lipinski definition) is 0. The lowest BCUT2D eigenvalue weighted by Crippen LogP contribution is -2.34. The fourth-order valence-corrected chi connectivity index (χ4v) is 2.97. The van der Waals surface area contributed by atoms with Gasteiger partial charge in [0.15, 0.2) is 5.82 Å². The Labute approximate surface area is 145 Å². The fraction of sp³-hybridized carbons (Fsp3) is 0.412. The zero-order valence-corrected chi connectivity index (χ0v) is 14.4. The lowest BCUT2D eigenvalue weighted by molar-refractivity contribution is -0.135. The zero-order valence-electron chi connectivity index (χ0n) is 14.4. The highest BCUT2D eigenvalue weighted by molar-refractivity contribution is 6.01. The number of nitrogens with zero attached hydrogens (tertiary/aromatic N) is 4. The topological polar surface area (TPSA) is 88.8 Å². The van der Waals surface area contributed by atoms with Crippen molar-refractivity contribution in [3.8, 4) is 5.75 Å². The van der Waals surface area contributed by atoms with Gasteiger partial charge in [-0.05, 0) is 12.1 Å². The summed E-state index contributed by atoms with van der Waals surface area (Å²) in [6.45, 7) is 2.27. The number of amides is 2. The molecule has 0 N–H and O–H groups in total. The molecule has 3 rings (SSSR count). The maximum atomic E-state index is 12.7. The average Bonchev–Trinajstić information content (AvgIpc) is 3.19. The number of aryl methyl sites for hydroxylation is 1.